The number of nitrogens with zero attached hydrogens (tertiary/aromatic N) is 2. The molecule has 0 radical (unpaired) electrons. The molecule has 178 valence electrons. The van der Waals surface area contributed by atoms with Gasteiger partial charge in [-0.05, 0) is 48.4 Å². The number of fused-ring (bicyclic) bond motifs is 1. The number of hydrogen-bond acceptors (Lipinski definition) is 5. The first-order valence-corrected chi connectivity index (χ1v) is 12.8. The van der Waals surface area contributed by atoms with Crippen molar-refractivity contribution in [2.45, 2.75) is 24.5 Å². The first-order valence-electron chi connectivity index (χ1n) is 11.3. The van der Waals surface area contributed by atoms with E-state index in [1.54, 1.807) is 48.4 Å². The lowest BCUT2D eigenvalue weighted by molar-refractivity contribution is -0.0503. The summed E-state index contributed by atoms with van der Waals surface area (Å²) in [5, 5.41) is 0.744. The monoisotopic (exact) mass is 487 g/mol. The Bertz CT molecular complexity index is 1480. The number of anilines is 1. The maximum atomic E-state index is 13.1. The number of carbonyl (C=O) groups excluding carboxylic acids is 1. The number of sulfonamides is 1. The predicted molar refractivity (Wildman–Crippen MR) is 135 cm³/mol. The van der Waals surface area contributed by atoms with Gasteiger partial charge < -0.3 is 9.64 Å². The molecule has 0 spiro atoms. The Hall–Kier alpha value is -3.75. The van der Waals surface area contributed by atoms with E-state index in [1.807, 2.05) is 42.5 Å². The fraction of sp³-hybridized carbons (Fsp3) is 0.185. The molecule has 3 aromatic carbocycles. The second-order valence-electron chi connectivity index (χ2n) is 8.60. The summed E-state index contributed by atoms with van der Waals surface area (Å²) in [7, 11) is -3.87. The molecule has 1 saturated heterocycles. The maximum absolute atomic E-state index is 13.1. The minimum Gasteiger partial charge on any atom is -0.370 e. The molecule has 0 aliphatic carbocycles. The van der Waals surface area contributed by atoms with Gasteiger partial charge in [0.15, 0.2) is 0 Å². The van der Waals surface area contributed by atoms with Crippen LogP contribution in [0.4, 0.5) is 5.69 Å². The molecule has 0 bridgehead atoms. The highest BCUT2D eigenvalue weighted by Gasteiger charge is 2.32. The number of ether oxygens (including phenoxy) is 1. The number of pyridine rings is 1. The molecule has 1 aromatic heterocycles. The highest BCUT2D eigenvalue weighted by Crippen LogP contribution is 2.26. The van der Waals surface area contributed by atoms with Crippen molar-refractivity contribution in [3.05, 3.63) is 102 Å². The van der Waals surface area contributed by atoms with E-state index >= 15 is 0 Å². The van der Waals surface area contributed by atoms with Crippen LogP contribution in [0, 0.1) is 6.92 Å². The summed E-state index contributed by atoms with van der Waals surface area (Å²) in [4.78, 5) is 19.0. The van der Waals surface area contributed by atoms with Crippen LogP contribution in [0.3, 0.4) is 0 Å². The van der Waals surface area contributed by atoms with Crippen LogP contribution in [0.25, 0.3) is 10.9 Å². The van der Waals surface area contributed by atoms with Crippen LogP contribution >= 0.6 is 0 Å². The van der Waals surface area contributed by atoms with Crippen LogP contribution in [0.1, 0.15) is 21.5 Å². The van der Waals surface area contributed by atoms with Crippen molar-refractivity contribution < 1.29 is 17.9 Å². The summed E-state index contributed by atoms with van der Waals surface area (Å²) in [6.45, 7) is 3.37. The number of carbonyl (C=O) groups is 1. The number of nitrogens with one attached hydrogen (secondary N) is 1. The van der Waals surface area contributed by atoms with Crippen molar-refractivity contribution in [2.75, 3.05) is 17.8 Å². The molecular formula is C27H25N3O4S. The van der Waals surface area contributed by atoms with E-state index in [4.69, 9.17) is 4.74 Å². The number of para-hydroxylation sites is 1. The molecule has 7 nitrogen and oxygen atoms in total. The first kappa shape index (κ1) is 23.0. The molecule has 2 heterocycles. The average Bonchev–Trinajstić information content (AvgIpc) is 2.84. The third kappa shape index (κ3) is 4.89. The molecule has 35 heavy (non-hydrogen) atoms. The van der Waals surface area contributed by atoms with Crippen LogP contribution in [0.5, 0.6) is 0 Å². The van der Waals surface area contributed by atoms with Crippen molar-refractivity contribution in [3.8, 4) is 0 Å². The molecule has 8 heteroatoms. The van der Waals surface area contributed by atoms with Crippen LogP contribution in [0.15, 0.2) is 90.0 Å². The number of likely N-dealkylation sites (tertiary alicyclic amines) is 1. The van der Waals surface area contributed by atoms with Crippen molar-refractivity contribution in [1.82, 2.24) is 9.88 Å². The van der Waals surface area contributed by atoms with E-state index in [0.29, 0.717) is 42.0 Å². The molecule has 1 N–H and O–H groups in total. The van der Waals surface area contributed by atoms with Gasteiger partial charge in [-0.3, -0.25) is 14.5 Å². The summed E-state index contributed by atoms with van der Waals surface area (Å²) in [6.07, 6.45) is 1.58. The fourth-order valence-electron chi connectivity index (χ4n) is 4.08. The number of rotatable bonds is 7. The molecule has 0 saturated carbocycles. The largest absolute Gasteiger partial charge is 0.370 e. The average molecular weight is 488 g/mol. The van der Waals surface area contributed by atoms with Gasteiger partial charge in [0, 0.05) is 30.2 Å². The van der Waals surface area contributed by atoms with Gasteiger partial charge in [-0.15, -0.1) is 0 Å². The van der Waals surface area contributed by atoms with Crippen molar-refractivity contribution in [3.63, 3.8) is 0 Å². The summed E-state index contributed by atoms with van der Waals surface area (Å²) in [5.74, 6) is -0.0969. The van der Waals surface area contributed by atoms with Crippen LogP contribution in [-0.4, -0.2) is 43.4 Å². The van der Waals surface area contributed by atoms with Crippen molar-refractivity contribution in [1.29, 1.82) is 0 Å². The van der Waals surface area contributed by atoms with Crippen LogP contribution < -0.4 is 4.72 Å². The number of hydrogen-bond donors (Lipinski definition) is 1. The van der Waals surface area contributed by atoms with Crippen molar-refractivity contribution in [2.24, 2.45) is 0 Å². The lowest BCUT2D eigenvalue weighted by Gasteiger charge is -2.39. The van der Waals surface area contributed by atoms with Gasteiger partial charge in [0.1, 0.15) is 4.90 Å². The zero-order chi connectivity index (χ0) is 24.4. The van der Waals surface area contributed by atoms with E-state index in [1.165, 1.54) is 6.07 Å². The Morgan fingerprint density at radius 3 is 2.57 bits per heavy atom. The highest BCUT2D eigenvalue weighted by molar-refractivity contribution is 7.93. The van der Waals surface area contributed by atoms with Crippen LogP contribution in [0.2, 0.25) is 0 Å². The Kier molecular flexibility index (Phi) is 6.23. The zero-order valence-corrected chi connectivity index (χ0v) is 20.0. The number of aryl methyl sites for hydroxylation is 1. The van der Waals surface area contributed by atoms with Crippen molar-refractivity contribution >= 4 is 32.5 Å². The Balaban J connectivity index is 1.24. The predicted octanol–water partition coefficient (Wildman–Crippen LogP) is 4.39. The summed E-state index contributed by atoms with van der Waals surface area (Å²) in [5.41, 5.74) is 3.10. The van der Waals surface area contributed by atoms with Crippen LogP contribution in [-0.2, 0) is 21.4 Å². The zero-order valence-electron chi connectivity index (χ0n) is 19.2. The van der Waals surface area contributed by atoms with Gasteiger partial charge >= 0.3 is 0 Å². The molecule has 5 rings (SSSR count). The molecule has 1 aliphatic rings. The van der Waals surface area contributed by atoms with E-state index in [2.05, 4.69) is 9.71 Å². The van der Waals surface area contributed by atoms with Gasteiger partial charge in [-0.2, -0.15) is 0 Å². The molecule has 1 amide bonds. The Morgan fingerprint density at radius 2 is 1.80 bits per heavy atom. The van der Waals surface area contributed by atoms with Gasteiger partial charge in [-0.25, -0.2) is 8.42 Å². The van der Waals surface area contributed by atoms with Gasteiger partial charge in [0.05, 0.1) is 23.9 Å². The second kappa shape index (κ2) is 9.48. The minimum atomic E-state index is -3.87. The molecule has 1 aliphatic heterocycles. The summed E-state index contributed by atoms with van der Waals surface area (Å²) >= 11 is 0. The van der Waals surface area contributed by atoms with Gasteiger partial charge in [0.25, 0.3) is 15.9 Å². The highest BCUT2D eigenvalue weighted by atomic mass is 32.2. The first-order chi connectivity index (χ1) is 16.9. The number of amides is 1. The van der Waals surface area contributed by atoms with Gasteiger partial charge in [0.2, 0.25) is 0 Å². The molecular weight excluding hydrogens is 462 g/mol. The normalized spacial score (nSPS) is 14.0. The number of aromatic nitrogens is 1. The van der Waals surface area contributed by atoms with E-state index in [9.17, 15) is 13.2 Å². The number of benzene rings is 3. The molecule has 4 aromatic rings. The standard InChI is InChI=1S/C27H25N3O4S/c1-19-15-22(27(31)30-16-23(17-30)34-18-20-7-3-2-4-8-20)12-13-24(19)29-35(32,33)25-11-5-9-21-10-6-14-28-26(21)25/h2-15,23,29H,16-18H2,1H3. The molecule has 0 unspecified atom stereocenters. The van der Waals surface area contributed by atoms with E-state index in [-0.39, 0.29) is 16.9 Å². The maximum Gasteiger partial charge on any atom is 0.264 e. The lowest BCUT2D eigenvalue weighted by atomic mass is 10.1. The SMILES string of the molecule is Cc1cc(C(=O)N2CC(OCc3ccccc3)C2)ccc1NS(=O)(=O)c1cccc2cccnc12. The fourth-order valence-corrected chi connectivity index (χ4v) is 5.40. The van der Waals surface area contributed by atoms with E-state index < -0.39 is 10.0 Å². The lowest BCUT2D eigenvalue weighted by Crippen LogP contribution is -2.54. The van der Waals surface area contributed by atoms with E-state index in [0.717, 1.165) is 10.9 Å². The molecule has 0 atom stereocenters. The Labute approximate surface area is 204 Å². The third-order valence-corrected chi connectivity index (χ3v) is 7.46. The van der Waals surface area contributed by atoms with Gasteiger partial charge in [-0.1, -0.05) is 48.5 Å². The quantitative estimate of drug-likeness (QED) is 0.418. The molecule has 1 fully saturated rings. The smallest absolute Gasteiger partial charge is 0.264 e. The second-order valence-corrected chi connectivity index (χ2v) is 10.2. The minimum absolute atomic E-state index is 0.0145. The third-order valence-electron chi connectivity index (χ3n) is 6.07. The summed E-state index contributed by atoms with van der Waals surface area (Å²) in [6, 6.07) is 23.5. The topological polar surface area (TPSA) is 88.6 Å². The Morgan fingerprint density at radius 1 is 1.03 bits per heavy atom. The summed E-state index contributed by atoms with van der Waals surface area (Å²) < 4.78 is 34.7.